The third kappa shape index (κ3) is 3.83. The number of ether oxygens (including phenoxy) is 5. The minimum absolute atomic E-state index is 0.0274. The van der Waals surface area contributed by atoms with E-state index in [9.17, 15) is 4.79 Å². The van der Waals surface area contributed by atoms with E-state index in [0.29, 0.717) is 34.4 Å². The van der Waals surface area contributed by atoms with Gasteiger partial charge in [-0.2, -0.15) is 0 Å². The Balaban J connectivity index is 2.08. The number of benzene rings is 2. The Morgan fingerprint density at radius 1 is 0.903 bits per heavy atom. The van der Waals surface area contributed by atoms with E-state index >= 15 is 0 Å². The Morgan fingerprint density at radius 3 is 2.03 bits per heavy atom. The molecule has 31 heavy (non-hydrogen) atoms. The molecule has 0 radical (unpaired) electrons. The Kier molecular flexibility index (Phi) is 6.50. The van der Waals surface area contributed by atoms with Crippen molar-refractivity contribution in [3.63, 3.8) is 0 Å². The van der Waals surface area contributed by atoms with Crippen molar-refractivity contribution in [2.24, 2.45) is 5.41 Å². The van der Waals surface area contributed by atoms with Gasteiger partial charge in [-0.1, -0.05) is 6.07 Å². The van der Waals surface area contributed by atoms with Crippen molar-refractivity contribution in [2.45, 2.75) is 19.9 Å². The first-order valence-corrected chi connectivity index (χ1v) is 9.89. The van der Waals surface area contributed by atoms with Gasteiger partial charge in [-0.3, -0.25) is 4.79 Å². The van der Waals surface area contributed by atoms with E-state index in [1.807, 2.05) is 26.0 Å². The van der Waals surface area contributed by atoms with Crippen molar-refractivity contribution in [2.75, 3.05) is 46.6 Å². The fourth-order valence-corrected chi connectivity index (χ4v) is 3.97. The van der Waals surface area contributed by atoms with Crippen LogP contribution in [0.3, 0.4) is 0 Å². The number of carbonyl (C=O) groups excluding carboxylic acids is 1. The van der Waals surface area contributed by atoms with Crippen LogP contribution in [0.4, 0.5) is 5.69 Å². The standard InChI is InChI=1S/C23H29NO7/c1-23(2)21(14-7-8-16(27-3)17(11-14)31-10-9-25)24(22(23)26)15-12-18(28-4)20(30-6)19(13-15)29-5/h7-8,11-13,21,25H,9-10H2,1-6H3/t21-/m0/s1. The van der Waals surface area contributed by atoms with Crippen molar-refractivity contribution in [1.29, 1.82) is 0 Å². The number of hydrogen-bond acceptors (Lipinski definition) is 7. The highest BCUT2D eigenvalue weighted by molar-refractivity contribution is 6.06. The van der Waals surface area contributed by atoms with Gasteiger partial charge >= 0.3 is 0 Å². The van der Waals surface area contributed by atoms with Crippen LogP contribution < -0.4 is 28.6 Å². The Labute approximate surface area is 182 Å². The molecule has 1 aliphatic rings. The van der Waals surface area contributed by atoms with E-state index in [0.717, 1.165) is 5.56 Å². The third-order valence-corrected chi connectivity index (χ3v) is 5.49. The molecule has 8 nitrogen and oxygen atoms in total. The van der Waals surface area contributed by atoms with Crippen molar-refractivity contribution >= 4 is 11.6 Å². The fourth-order valence-electron chi connectivity index (χ4n) is 3.97. The second-order valence-corrected chi connectivity index (χ2v) is 7.67. The number of amides is 1. The zero-order valence-corrected chi connectivity index (χ0v) is 18.7. The molecular weight excluding hydrogens is 402 g/mol. The summed E-state index contributed by atoms with van der Waals surface area (Å²) in [4.78, 5) is 14.8. The van der Waals surface area contributed by atoms with Crippen molar-refractivity contribution < 1.29 is 33.6 Å². The maximum absolute atomic E-state index is 13.1. The first-order valence-electron chi connectivity index (χ1n) is 9.89. The van der Waals surface area contributed by atoms with Gasteiger partial charge in [0.25, 0.3) is 0 Å². The molecule has 0 bridgehead atoms. The van der Waals surface area contributed by atoms with Gasteiger partial charge in [0.1, 0.15) is 6.61 Å². The van der Waals surface area contributed by atoms with E-state index in [1.54, 1.807) is 30.2 Å². The minimum Gasteiger partial charge on any atom is -0.493 e. The summed E-state index contributed by atoms with van der Waals surface area (Å²) < 4.78 is 27.3. The summed E-state index contributed by atoms with van der Waals surface area (Å²) in [6, 6.07) is 8.81. The van der Waals surface area contributed by atoms with Gasteiger partial charge in [-0.25, -0.2) is 0 Å². The van der Waals surface area contributed by atoms with Crippen LogP contribution in [0.25, 0.3) is 0 Å². The van der Waals surface area contributed by atoms with Crippen LogP contribution in [0.1, 0.15) is 25.5 Å². The van der Waals surface area contributed by atoms with Crippen LogP contribution in [0, 0.1) is 5.41 Å². The van der Waals surface area contributed by atoms with E-state index in [-0.39, 0.29) is 25.2 Å². The minimum atomic E-state index is -0.636. The summed E-state index contributed by atoms with van der Waals surface area (Å²) in [5.41, 5.74) is 0.882. The molecule has 1 fully saturated rings. The van der Waals surface area contributed by atoms with Crippen LogP contribution in [0.15, 0.2) is 30.3 Å². The second kappa shape index (κ2) is 8.93. The van der Waals surface area contributed by atoms with Gasteiger partial charge < -0.3 is 33.7 Å². The fraction of sp³-hybridized carbons (Fsp3) is 0.435. The van der Waals surface area contributed by atoms with Crippen molar-refractivity contribution in [3.05, 3.63) is 35.9 Å². The molecule has 2 aromatic carbocycles. The van der Waals surface area contributed by atoms with Gasteiger partial charge in [-0.15, -0.1) is 0 Å². The van der Waals surface area contributed by atoms with Crippen LogP contribution in [0.2, 0.25) is 0 Å². The molecule has 0 aromatic heterocycles. The predicted octanol–water partition coefficient (Wildman–Crippen LogP) is 3.21. The molecular formula is C23H29NO7. The summed E-state index contributed by atoms with van der Waals surface area (Å²) in [5.74, 6) is 2.43. The largest absolute Gasteiger partial charge is 0.493 e. The normalized spacial score (nSPS) is 17.1. The van der Waals surface area contributed by atoms with Crippen LogP contribution in [-0.2, 0) is 4.79 Å². The van der Waals surface area contributed by atoms with E-state index in [4.69, 9.17) is 28.8 Å². The summed E-state index contributed by atoms with van der Waals surface area (Å²) in [5, 5.41) is 9.12. The molecule has 0 spiro atoms. The number of nitrogens with zero attached hydrogens (tertiary/aromatic N) is 1. The predicted molar refractivity (Wildman–Crippen MR) is 116 cm³/mol. The highest BCUT2D eigenvalue weighted by Crippen LogP contribution is 2.54. The molecule has 3 rings (SSSR count). The Morgan fingerprint density at radius 2 is 1.52 bits per heavy atom. The van der Waals surface area contributed by atoms with Crippen molar-refractivity contribution in [3.8, 4) is 28.7 Å². The molecule has 2 aromatic rings. The number of aliphatic hydroxyl groups excluding tert-OH is 1. The van der Waals surface area contributed by atoms with Gasteiger partial charge in [0.15, 0.2) is 23.0 Å². The molecule has 1 amide bonds. The molecule has 1 N–H and O–H groups in total. The smallest absolute Gasteiger partial charge is 0.235 e. The van der Waals surface area contributed by atoms with E-state index < -0.39 is 5.41 Å². The lowest BCUT2D eigenvalue weighted by Crippen LogP contribution is -2.61. The number of carbonyl (C=O) groups is 1. The molecule has 0 unspecified atom stereocenters. The maximum atomic E-state index is 13.1. The molecule has 1 aliphatic heterocycles. The quantitative estimate of drug-likeness (QED) is 0.610. The zero-order chi connectivity index (χ0) is 22.8. The number of hydrogen-bond donors (Lipinski definition) is 1. The molecule has 0 aliphatic carbocycles. The van der Waals surface area contributed by atoms with Crippen LogP contribution in [0.5, 0.6) is 28.7 Å². The number of aliphatic hydroxyl groups is 1. The van der Waals surface area contributed by atoms with Gasteiger partial charge in [0, 0.05) is 12.1 Å². The highest BCUT2D eigenvalue weighted by atomic mass is 16.5. The number of methoxy groups -OCH3 is 4. The average molecular weight is 431 g/mol. The summed E-state index contributed by atoms with van der Waals surface area (Å²) in [7, 11) is 6.16. The molecule has 168 valence electrons. The molecule has 1 heterocycles. The van der Waals surface area contributed by atoms with Gasteiger partial charge in [-0.05, 0) is 31.5 Å². The molecule has 0 saturated carbocycles. The maximum Gasteiger partial charge on any atom is 0.235 e. The Bertz CT molecular complexity index is 932. The summed E-state index contributed by atoms with van der Waals surface area (Å²) in [6.07, 6.45) is 0. The summed E-state index contributed by atoms with van der Waals surface area (Å²) in [6.45, 7) is 3.85. The molecule has 1 saturated heterocycles. The number of β-lactam (4-membered cyclic amide) rings is 1. The number of anilines is 1. The third-order valence-electron chi connectivity index (χ3n) is 5.49. The van der Waals surface area contributed by atoms with E-state index in [1.165, 1.54) is 21.3 Å². The monoisotopic (exact) mass is 431 g/mol. The first kappa shape index (κ1) is 22.6. The molecule has 1 atom stereocenters. The lowest BCUT2D eigenvalue weighted by molar-refractivity contribution is -0.137. The average Bonchev–Trinajstić information content (AvgIpc) is 2.79. The molecule has 8 heteroatoms. The van der Waals surface area contributed by atoms with Gasteiger partial charge in [0.2, 0.25) is 11.7 Å². The van der Waals surface area contributed by atoms with Crippen LogP contribution in [-0.4, -0.2) is 52.7 Å². The SMILES string of the molecule is COc1ccc([C@@H]2N(c3cc(OC)c(OC)c(OC)c3)C(=O)C2(C)C)cc1OCCO. The van der Waals surface area contributed by atoms with Gasteiger partial charge in [0.05, 0.1) is 52.2 Å². The second-order valence-electron chi connectivity index (χ2n) is 7.67. The van der Waals surface area contributed by atoms with Crippen molar-refractivity contribution in [1.82, 2.24) is 0 Å². The lowest BCUT2D eigenvalue weighted by atomic mass is 9.70. The van der Waals surface area contributed by atoms with E-state index in [2.05, 4.69) is 0 Å². The lowest BCUT2D eigenvalue weighted by Gasteiger charge is -2.53. The number of rotatable bonds is 9. The summed E-state index contributed by atoms with van der Waals surface area (Å²) >= 11 is 0. The topological polar surface area (TPSA) is 86.7 Å². The zero-order valence-electron chi connectivity index (χ0n) is 18.7. The Hall–Kier alpha value is -3.13. The first-order chi connectivity index (χ1) is 14.8. The highest BCUT2D eigenvalue weighted by Gasteiger charge is 2.55. The van der Waals surface area contributed by atoms with Crippen LogP contribution >= 0.6 is 0 Å².